The average Bonchev–Trinajstić information content (AvgIpc) is 1.96. The molecular weight excluding hydrogens is 172 g/mol. The lowest BCUT2D eigenvalue weighted by Gasteiger charge is -2.03. The molecule has 0 aromatic carbocycles. The van der Waals surface area contributed by atoms with Crippen molar-refractivity contribution in [1.82, 2.24) is 4.98 Å². The minimum atomic E-state index is -2.61. The Morgan fingerprint density at radius 2 is 2.38 bits per heavy atom. The summed E-state index contributed by atoms with van der Waals surface area (Å²) in [5.74, 6) is -0.138. The molecule has 0 radical (unpaired) electrons. The van der Waals surface area contributed by atoms with Crippen LogP contribution in [0, 0.1) is 24.0 Å². The van der Waals surface area contributed by atoms with Gasteiger partial charge in [-0.3, -0.25) is 10.1 Å². The predicted molar refractivity (Wildman–Crippen MR) is 46.9 cm³/mol. The van der Waals surface area contributed by atoms with Gasteiger partial charge in [0, 0.05) is 11.6 Å². The molecule has 0 aliphatic carbocycles. The smallest absolute Gasteiger partial charge is 0.293 e. The van der Waals surface area contributed by atoms with E-state index in [1.165, 1.54) is 19.9 Å². The van der Waals surface area contributed by atoms with Crippen molar-refractivity contribution in [3.05, 3.63) is 27.4 Å². The van der Waals surface area contributed by atoms with Crippen LogP contribution in [-0.2, 0) is 0 Å². The number of hydrogen-bond acceptors (Lipinski definition) is 4. The number of rotatable bonds is 2. The number of aromatic nitrogens is 1. The second-order valence-electron chi connectivity index (χ2n) is 2.57. The van der Waals surface area contributed by atoms with E-state index < -0.39 is 12.0 Å². The van der Waals surface area contributed by atoms with E-state index in [-0.39, 0.29) is 17.3 Å². The van der Waals surface area contributed by atoms with Gasteiger partial charge in [-0.15, -0.1) is 0 Å². The van der Waals surface area contributed by atoms with Gasteiger partial charge >= 0.3 is 0 Å². The van der Waals surface area contributed by atoms with Crippen molar-refractivity contribution in [3.63, 3.8) is 0 Å². The molecule has 0 bridgehead atoms. The minimum absolute atomic E-state index is 0.127. The van der Waals surface area contributed by atoms with Gasteiger partial charge in [-0.2, -0.15) is 0 Å². The maximum atomic E-state index is 10.7. The molecule has 0 aliphatic heterocycles. The fourth-order valence-electron chi connectivity index (χ4n) is 1.12. The molecule has 5 heteroatoms. The number of pyridine rings is 1. The second-order valence-corrected chi connectivity index (χ2v) is 2.57. The summed E-state index contributed by atoms with van der Waals surface area (Å²) in [5, 5.41) is 10.7. The minimum Gasteiger partial charge on any atom is -0.481 e. The average molecular weight is 185 g/mol. The number of methoxy groups -OCH3 is 1. The highest BCUT2D eigenvalue weighted by molar-refractivity contribution is 5.45. The Bertz CT molecular complexity index is 408. The molecule has 70 valence electrons. The highest BCUT2D eigenvalue weighted by Gasteiger charge is 2.16. The molecule has 0 saturated carbocycles. The van der Waals surface area contributed by atoms with Crippen LogP contribution in [0.5, 0.6) is 5.88 Å². The SMILES string of the molecule is [2H]C([2H])([2H])Oc1cc(C)c([N+](=O)[O-])c(C)n1. The number of nitro groups is 1. The number of ether oxygens (including phenoxy) is 1. The lowest BCUT2D eigenvalue weighted by Crippen LogP contribution is -1.99. The molecule has 13 heavy (non-hydrogen) atoms. The van der Waals surface area contributed by atoms with Crippen molar-refractivity contribution in [2.24, 2.45) is 0 Å². The van der Waals surface area contributed by atoms with Crippen LogP contribution in [0.2, 0.25) is 0 Å². The van der Waals surface area contributed by atoms with E-state index >= 15 is 0 Å². The zero-order valence-corrected chi connectivity index (χ0v) is 7.20. The third-order valence-corrected chi connectivity index (χ3v) is 1.62. The Kier molecular flexibility index (Phi) is 1.54. The Balaban J connectivity index is 3.15. The first-order valence-electron chi connectivity index (χ1n) is 5.02. The van der Waals surface area contributed by atoms with Crippen LogP contribution in [-0.4, -0.2) is 16.9 Å². The molecular formula is C8H10N2O3. The van der Waals surface area contributed by atoms with Crippen molar-refractivity contribution < 1.29 is 13.8 Å². The molecule has 1 rings (SSSR count). The first-order valence-corrected chi connectivity index (χ1v) is 3.52. The largest absolute Gasteiger partial charge is 0.481 e. The van der Waals surface area contributed by atoms with Crippen LogP contribution in [0.15, 0.2) is 6.07 Å². The fourth-order valence-corrected chi connectivity index (χ4v) is 1.12. The Hall–Kier alpha value is -1.65. The van der Waals surface area contributed by atoms with Gasteiger partial charge in [0.25, 0.3) is 5.69 Å². The highest BCUT2D eigenvalue weighted by atomic mass is 16.6. The first-order chi connectivity index (χ1) is 7.20. The topological polar surface area (TPSA) is 65.3 Å². The maximum absolute atomic E-state index is 10.7. The molecule has 0 unspecified atom stereocenters. The predicted octanol–water partition coefficient (Wildman–Crippen LogP) is 1.62. The van der Waals surface area contributed by atoms with Gasteiger partial charge in [-0.25, -0.2) is 4.98 Å². The molecule has 5 nitrogen and oxygen atoms in total. The highest BCUT2D eigenvalue weighted by Crippen LogP contribution is 2.24. The lowest BCUT2D eigenvalue weighted by atomic mass is 10.2. The fraction of sp³-hybridized carbons (Fsp3) is 0.375. The summed E-state index contributed by atoms with van der Waals surface area (Å²) in [7, 11) is -2.61. The van der Waals surface area contributed by atoms with Gasteiger partial charge in [-0.1, -0.05) is 0 Å². The van der Waals surface area contributed by atoms with Gasteiger partial charge in [0.2, 0.25) is 5.88 Å². The third kappa shape index (κ3) is 1.74. The summed E-state index contributed by atoms with van der Waals surface area (Å²) < 4.78 is 25.2. The summed E-state index contributed by atoms with van der Waals surface area (Å²) in [6.45, 7) is 2.93. The molecule has 0 spiro atoms. The van der Waals surface area contributed by atoms with Crippen molar-refractivity contribution >= 4 is 5.69 Å². The van der Waals surface area contributed by atoms with E-state index in [4.69, 9.17) is 4.11 Å². The standard InChI is InChI=1S/C8H10N2O3/c1-5-4-7(13-3)9-6(2)8(5)10(11)12/h4H,1-3H3/i3D3. The van der Waals surface area contributed by atoms with Crippen LogP contribution in [0.3, 0.4) is 0 Å². The Morgan fingerprint density at radius 3 is 2.85 bits per heavy atom. The molecule has 0 amide bonds. The molecule has 1 heterocycles. The molecule has 0 atom stereocenters. The van der Waals surface area contributed by atoms with E-state index in [0.29, 0.717) is 5.56 Å². The maximum Gasteiger partial charge on any atom is 0.293 e. The van der Waals surface area contributed by atoms with E-state index in [1.807, 2.05) is 0 Å². The van der Waals surface area contributed by atoms with Gasteiger partial charge in [0.15, 0.2) is 0 Å². The van der Waals surface area contributed by atoms with Gasteiger partial charge in [0.05, 0.1) is 16.1 Å². The molecule has 0 N–H and O–H groups in total. The van der Waals surface area contributed by atoms with Gasteiger partial charge in [0.1, 0.15) is 5.69 Å². The van der Waals surface area contributed by atoms with E-state index in [0.717, 1.165) is 0 Å². The zero-order chi connectivity index (χ0) is 12.5. The van der Waals surface area contributed by atoms with E-state index in [2.05, 4.69) is 9.72 Å². The summed E-state index contributed by atoms with van der Waals surface area (Å²) in [6.07, 6.45) is 0. The number of nitrogens with zero attached hydrogens (tertiary/aromatic N) is 2. The third-order valence-electron chi connectivity index (χ3n) is 1.62. The Morgan fingerprint density at radius 1 is 1.69 bits per heavy atom. The summed E-state index contributed by atoms with van der Waals surface area (Å²) in [6, 6.07) is 1.23. The van der Waals surface area contributed by atoms with Gasteiger partial charge in [-0.05, 0) is 13.8 Å². The number of hydrogen-bond donors (Lipinski definition) is 0. The lowest BCUT2D eigenvalue weighted by molar-refractivity contribution is -0.386. The zero-order valence-electron chi connectivity index (χ0n) is 10.2. The summed E-state index contributed by atoms with van der Waals surface area (Å²) in [5.41, 5.74) is 0.318. The van der Waals surface area contributed by atoms with E-state index in [1.54, 1.807) is 0 Å². The van der Waals surface area contributed by atoms with Crippen molar-refractivity contribution in [3.8, 4) is 5.88 Å². The quantitative estimate of drug-likeness (QED) is 0.518. The van der Waals surface area contributed by atoms with Crippen LogP contribution in [0.1, 0.15) is 15.4 Å². The van der Waals surface area contributed by atoms with Crippen molar-refractivity contribution in [2.75, 3.05) is 7.04 Å². The summed E-state index contributed by atoms with van der Waals surface area (Å²) >= 11 is 0. The molecule has 0 fully saturated rings. The van der Waals surface area contributed by atoms with Crippen LogP contribution in [0.25, 0.3) is 0 Å². The normalized spacial score (nSPS) is 14.2. The first kappa shape index (κ1) is 5.90. The molecule has 1 aromatic rings. The molecule has 1 aromatic heterocycles. The molecule has 0 aliphatic rings. The summed E-state index contributed by atoms with van der Waals surface area (Å²) in [4.78, 5) is 13.8. The van der Waals surface area contributed by atoms with Crippen molar-refractivity contribution in [2.45, 2.75) is 13.8 Å². The van der Waals surface area contributed by atoms with Crippen molar-refractivity contribution in [1.29, 1.82) is 0 Å². The number of aryl methyl sites for hydroxylation is 2. The monoisotopic (exact) mass is 185 g/mol. The van der Waals surface area contributed by atoms with E-state index in [9.17, 15) is 10.1 Å². The van der Waals surface area contributed by atoms with Gasteiger partial charge < -0.3 is 4.74 Å². The Labute approximate surface area is 79.7 Å². The van der Waals surface area contributed by atoms with Crippen LogP contribution in [0.4, 0.5) is 5.69 Å². The molecule has 0 saturated heterocycles. The van der Waals surface area contributed by atoms with Crippen LogP contribution < -0.4 is 4.74 Å². The second kappa shape index (κ2) is 3.38. The van der Waals surface area contributed by atoms with Crippen LogP contribution >= 0.6 is 0 Å².